The zero-order valence-corrected chi connectivity index (χ0v) is 33.1. The standard InChI is InChI=1S/C52H42BN3O2/c1-50(2)51(3,4)58-53(57-50)41-33-31-36(32-34-41)35-27-29-38(30-28-35)48-54-47(37-17-8-5-9-18-37)55-49(56-48)43-24-16-26-45-46(43)42-23-14-15-25-44(42)52(45,39-19-10-6-11-20-39)40-21-12-7-13-22-40/h5-34H,1-4H3. The Morgan fingerprint density at radius 3 is 1.40 bits per heavy atom. The molecular formula is C52H42BN3O2. The summed E-state index contributed by atoms with van der Waals surface area (Å²) in [7, 11) is -0.398. The highest BCUT2D eigenvalue weighted by molar-refractivity contribution is 6.62. The molecule has 1 fully saturated rings. The average Bonchev–Trinajstić information content (AvgIpc) is 3.70. The van der Waals surface area contributed by atoms with Crippen LogP contribution in [0.25, 0.3) is 56.4 Å². The van der Waals surface area contributed by atoms with E-state index in [1.165, 1.54) is 27.8 Å². The van der Waals surface area contributed by atoms with Gasteiger partial charge in [0.25, 0.3) is 0 Å². The Morgan fingerprint density at radius 1 is 0.379 bits per heavy atom. The lowest BCUT2D eigenvalue weighted by Gasteiger charge is -2.33. The van der Waals surface area contributed by atoms with Crippen LogP contribution in [0.2, 0.25) is 0 Å². The van der Waals surface area contributed by atoms with E-state index in [9.17, 15) is 0 Å². The lowest BCUT2D eigenvalue weighted by Crippen LogP contribution is -2.41. The molecule has 1 aliphatic heterocycles. The predicted octanol–water partition coefficient (Wildman–Crippen LogP) is 11.2. The van der Waals surface area contributed by atoms with Crippen LogP contribution < -0.4 is 5.46 Å². The summed E-state index contributed by atoms with van der Waals surface area (Å²) in [6, 6.07) is 64.2. The molecular weight excluding hydrogens is 709 g/mol. The lowest BCUT2D eigenvalue weighted by atomic mass is 9.67. The first kappa shape index (κ1) is 35.9. The van der Waals surface area contributed by atoms with Gasteiger partial charge in [-0.3, -0.25) is 0 Å². The van der Waals surface area contributed by atoms with Gasteiger partial charge >= 0.3 is 7.12 Å². The van der Waals surface area contributed by atoms with Crippen molar-refractivity contribution in [2.75, 3.05) is 0 Å². The van der Waals surface area contributed by atoms with Gasteiger partial charge < -0.3 is 9.31 Å². The van der Waals surface area contributed by atoms with E-state index in [4.69, 9.17) is 24.3 Å². The van der Waals surface area contributed by atoms with Crippen LogP contribution in [0.4, 0.5) is 0 Å². The highest BCUT2D eigenvalue weighted by Crippen LogP contribution is 2.58. The third kappa shape index (κ3) is 5.82. The Labute approximate surface area is 340 Å². The van der Waals surface area contributed by atoms with Gasteiger partial charge in [-0.05, 0) is 77.7 Å². The summed E-state index contributed by atoms with van der Waals surface area (Å²) < 4.78 is 12.6. The monoisotopic (exact) mass is 751 g/mol. The van der Waals surface area contributed by atoms with Gasteiger partial charge in [-0.2, -0.15) is 0 Å². The second-order valence-corrected chi connectivity index (χ2v) is 16.2. The third-order valence-corrected chi connectivity index (χ3v) is 12.3. The summed E-state index contributed by atoms with van der Waals surface area (Å²) in [5, 5.41) is 0. The van der Waals surface area contributed by atoms with Gasteiger partial charge in [0, 0.05) is 16.7 Å². The van der Waals surface area contributed by atoms with Crippen molar-refractivity contribution in [2.45, 2.75) is 44.3 Å². The minimum absolute atomic E-state index is 0.388. The molecule has 2 heterocycles. The van der Waals surface area contributed by atoms with Gasteiger partial charge in [0.1, 0.15) is 0 Å². The molecule has 1 saturated heterocycles. The molecule has 10 rings (SSSR count). The smallest absolute Gasteiger partial charge is 0.399 e. The second kappa shape index (κ2) is 13.9. The highest BCUT2D eigenvalue weighted by Gasteiger charge is 2.52. The van der Waals surface area contributed by atoms with Crippen LogP contribution in [0.15, 0.2) is 182 Å². The molecule has 0 saturated carbocycles. The Hall–Kier alpha value is -6.47. The molecule has 0 N–H and O–H groups in total. The fourth-order valence-corrected chi connectivity index (χ4v) is 8.64. The predicted molar refractivity (Wildman–Crippen MR) is 235 cm³/mol. The molecule has 0 atom stereocenters. The summed E-state index contributed by atoms with van der Waals surface area (Å²) in [4.78, 5) is 15.6. The maximum absolute atomic E-state index is 6.29. The minimum Gasteiger partial charge on any atom is -0.399 e. The van der Waals surface area contributed by atoms with Gasteiger partial charge in [-0.1, -0.05) is 182 Å². The van der Waals surface area contributed by atoms with Crippen molar-refractivity contribution >= 4 is 12.6 Å². The van der Waals surface area contributed by atoms with Crippen LogP contribution in [0, 0.1) is 0 Å². The molecule has 0 spiro atoms. The molecule has 8 aromatic rings. The van der Waals surface area contributed by atoms with E-state index in [0.29, 0.717) is 17.5 Å². The SMILES string of the molecule is CC1(C)OB(c2ccc(-c3ccc(-c4nc(-c5ccccc5)nc(-c5cccc6c5-c5ccccc5C6(c5ccccc5)c5ccccc5)n4)cc3)cc2)OC1(C)C. The van der Waals surface area contributed by atoms with Crippen LogP contribution in [0.5, 0.6) is 0 Å². The van der Waals surface area contributed by atoms with E-state index in [0.717, 1.165) is 38.8 Å². The molecule has 6 heteroatoms. The summed E-state index contributed by atoms with van der Waals surface area (Å²) in [6.45, 7) is 8.31. The van der Waals surface area contributed by atoms with Gasteiger partial charge in [-0.15, -0.1) is 0 Å². The molecule has 2 aliphatic rings. The molecule has 5 nitrogen and oxygen atoms in total. The largest absolute Gasteiger partial charge is 0.494 e. The zero-order chi connectivity index (χ0) is 39.5. The molecule has 280 valence electrons. The van der Waals surface area contributed by atoms with E-state index >= 15 is 0 Å². The Kier molecular flexibility index (Phi) is 8.59. The molecule has 0 radical (unpaired) electrons. The van der Waals surface area contributed by atoms with E-state index < -0.39 is 12.5 Å². The maximum atomic E-state index is 6.29. The van der Waals surface area contributed by atoms with Crippen LogP contribution in [0.3, 0.4) is 0 Å². The molecule has 0 unspecified atom stereocenters. The van der Waals surface area contributed by atoms with Crippen molar-refractivity contribution in [1.29, 1.82) is 0 Å². The molecule has 58 heavy (non-hydrogen) atoms. The molecule has 7 aromatic carbocycles. The summed E-state index contributed by atoms with van der Waals surface area (Å²) in [5.74, 6) is 1.88. The Balaban J connectivity index is 1.08. The van der Waals surface area contributed by atoms with E-state index in [-0.39, 0.29) is 11.2 Å². The fraction of sp³-hybridized carbons (Fsp3) is 0.135. The number of aromatic nitrogens is 3. The van der Waals surface area contributed by atoms with Crippen molar-refractivity contribution < 1.29 is 9.31 Å². The topological polar surface area (TPSA) is 57.1 Å². The number of benzene rings is 7. The number of hydrogen-bond donors (Lipinski definition) is 0. The molecule has 1 aromatic heterocycles. The Morgan fingerprint density at radius 2 is 0.810 bits per heavy atom. The van der Waals surface area contributed by atoms with Crippen LogP contribution in [-0.2, 0) is 14.7 Å². The average molecular weight is 752 g/mol. The van der Waals surface area contributed by atoms with Crippen molar-refractivity contribution in [3.8, 4) is 56.4 Å². The molecule has 0 bridgehead atoms. The van der Waals surface area contributed by atoms with E-state index in [1.54, 1.807) is 0 Å². The first-order valence-electron chi connectivity index (χ1n) is 20.0. The van der Waals surface area contributed by atoms with Crippen LogP contribution >= 0.6 is 0 Å². The van der Waals surface area contributed by atoms with E-state index in [1.807, 2.05) is 18.2 Å². The van der Waals surface area contributed by atoms with Crippen molar-refractivity contribution in [1.82, 2.24) is 15.0 Å². The van der Waals surface area contributed by atoms with Crippen molar-refractivity contribution in [3.05, 3.63) is 204 Å². The lowest BCUT2D eigenvalue weighted by molar-refractivity contribution is 0.00578. The molecule has 1 aliphatic carbocycles. The third-order valence-electron chi connectivity index (χ3n) is 12.3. The van der Waals surface area contributed by atoms with Gasteiger partial charge in [0.2, 0.25) is 0 Å². The van der Waals surface area contributed by atoms with Crippen molar-refractivity contribution in [3.63, 3.8) is 0 Å². The first-order valence-corrected chi connectivity index (χ1v) is 20.0. The van der Waals surface area contributed by atoms with Gasteiger partial charge in [0.15, 0.2) is 17.5 Å². The normalized spacial score (nSPS) is 15.8. The van der Waals surface area contributed by atoms with Gasteiger partial charge in [-0.25, -0.2) is 15.0 Å². The fourth-order valence-electron chi connectivity index (χ4n) is 8.64. The number of rotatable bonds is 7. The first-order chi connectivity index (χ1) is 28.2. The number of fused-ring (bicyclic) bond motifs is 3. The molecule has 0 amide bonds. The van der Waals surface area contributed by atoms with Crippen LogP contribution in [-0.4, -0.2) is 33.3 Å². The maximum Gasteiger partial charge on any atom is 0.494 e. The Bertz CT molecular complexity index is 2720. The summed E-state index contributed by atoms with van der Waals surface area (Å²) in [5.41, 5.74) is 11.9. The minimum atomic E-state index is -0.527. The van der Waals surface area contributed by atoms with Gasteiger partial charge in [0.05, 0.1) is 16.6 Å². The number of hydrogen-bond acceptors (Lipinski definition) is 5. The van der Waals surface area contributed by atoms with Crippen molar-refractivity contribution in [2.24, 2.45) is 0 Å². The quantitative estimate of drug-likeness (QED) is 0.152. The van der Waals surface area contributed by atoms with Crippen LogP contribution in [0.1, 0.15) is 49.9 Å². The summed E-state index contributed by atoms with van der Waals surface area (Å²) >= 11 is 0. The highest BCUT2D eigenvalue weighted by atomic mass is 16.7. The zero-order valence-electron chi connectivity index (χ0n) is 33.1. The summed E-state index contributed by atoms with van der Waals surface area (Å²) in [6.07, 6.45) is 0. The number of nitrogens with zero attached hydrogens (tertiary/aromatic N) is 3. The second-order valence-electron chi connectivity index (χ2n) is 16.2. The van der Waals surface area contributed by atoms with E-state index in [2.05, 4.69) is 191 Å².